The first kappa shape index (κ1) is 14.5. The Morgan fingerprint density at radius 3 is 2.47 bits per heavy atom. The van der Waals surface area contributed by atoms with Crippen LogP contribution < -0.4 is 0 Å². The summed E-state index contributed by atoms with van der Waals surface area (Å²) in [6.07, 6.45) is 0.918. The molecule has 0 aliphatic carbocycles. The van der Waals surface area contributed by atoms with Gasteiger partial charge in [-0.15, -0.1) is 0 Å². The van der Waals surface area contributed by atoms with Gasteiger partial charge >= 0.3 is 11.9 Å². The zero-order chi connectivity index (χ0) is 14.4. The van der Waals surface area contributed by atoms with Gasteiger partial charge in [-0.2, -0.15) is 0 Å². The van der Waals surface area contributed by atoms with E-state index < -0.39 is 11.9 Å². The third-order valence-corrected chi connectivity index (χ3v) is 2.17. The predicted molar refractivity (Wildman–Crippen MR) is 61.1 cm³/mol. The van der Waals surface area contributed by atoms with Gasteiger partial charge in [0.2, 0.25) is 0 Å². The van der Waals surface area contributed by atoms with E-state index in [0.717, 1.165) is 13.4 Å². The van der Waals surface area contributed by atoms with Crippen LogP contribution in [-0.4, -0.2) is 38.7 Å². The van der Waals surface area contributed by atoms with Gasteiger partial charge in [0.1, 0.15) is 23.3 Å². The molecule has 0 radical (unpaired) electrons. The van der Waals surface area contributed by atoms with Crippen LogP contribution >= 0.6 is 0 Å². The molecule has 0 amide bonds. The highest BCUT2D eigenvalue weighted by Crippen LogP contribution is 2.28. The highest BCUT2D eigenvalue weighted by atomic mass is 16.6. The smallest absolute Gasteiger partial charge is 0.378 e. The summed E-state index contributed by atoms with van der Waals surface area (Å²) in [5, 5.41) is 0. The molecule has 0 atom stereocenters. The predicted octanol–water partition coefficient (Wildman–Crippen LogP) is 0.253. The Hall–Kier alpha value is -2.53. The number of carbonyl (C=O) groups excluding carboxylic acids is 3. The van der Waals surface area contributed by atoms with Gasteiger partial charge in [0.15, 0.2) is 5.76 Å². The second kappa shape index (κ2) is 6.42. The lowest BCUT2D eigenvalue weighted by Crippen LogP contribution is -2.20. The van der Waals surface area contributed by atoms with Crippen LogP contribution in [0.3, 0.4) is 0 Å². The molecule has 0 N–H and O–H groups in total. The van der Waals surface area contributed by atoms with E-state index in [1.807, 2.05) is 0 Å². The molecule has 1 aliphatic heterocycles. The molecule has 0 aromatic rings. The van der Waals surface area contributed by atoms with Crippen LogP contribution in [0.5, 0.6) is 0 Å². The number of esters is 2. The summed E-state index contributed by atoms with van der Waals surface area (Å²) < 4.78 is 19.1. The van der Waals surface area contributed by atoms with Gasteiger partial charge in [0.25, 0.3) is 5.76 Å². The quantitative estimate of drug-likeness (QED) is 0.533. The Bertz CT molecular complexity index is 506. The number of hydrogen-bond donors (Lipinski definition) is 0. The SMILES string of the molecule is CCOC(=O)C1=C(OC)C(=C=O)C(C(=O)OC)=CO1. The monoisotopic (exact) mass is 268 g/mol. The van der Waals surface area contributed by atoms with Crippen molar-refractivity contribution in [1.29, 1.82) is 0 Å². The molecule has 7 heteroatoms. The van der Waals surface area contributed by atoms with E-state index in [4.69, 9.17) is 14.2 Å². The van der Waals surface area contributed by atoms with Gasteiger partial charge in [-0.3, -0.25) is 0 Å². The number of hydrogen-bond acceptors (Lipinski definition) is 7. The first-order valence-electron chi connectivity index (χ1n) is 5.27. The van der Waals surface area contributed by atoms with Crippen molar-refractivity contribution in [3.8, 4) is 0 Å². The molecule has 0 aromatic heterocycles. The van der Waals surface area contributed by atoms with Crippen molar-refractivity contribution in [1.82, 2.24) is 0 Å². The van der Waals surface area contributed by atoms with Gasteiger partial charge in [0.05, 0.1) is 20.8 Å². The maximum Gasteiger partial charge on any atom is 0.378 e. The first-order valence-corrected chi connectivity index (χ1v) is 5.27. The minimum Gasteiger partial charge on any atom is -0.491 e. The second-order valence-electron chi connectivity index (χ2n) is 3.20. The van der Waals surface area contributed by atoms with Crippen molar-refractivity contribution in [2.75, 3.05) is 20.8 Å². The van der Waals surface area contributed by atoms with E-state index in [9.17, 15) is 14.4 Å². The van der Waals surface area contributed by atoms with Crippen LogP contribution in [-0.2, 0) is 33.3 Å². The molecule has 1 aliphatic rings. The number of carbonyl (C=O) groups is 2. The van der Waals surface area contributed by atoms with Gasteiger partial charge in [-0.05, 0) is 6.92 Å². The van der Waals surface area contributed by atoms with E-state index >= 15 is 0 Å². The fourth-order valence-corrected chi connectivity index (χ4v) is 1.36. The topological polar surface area (TPSA) is 88.1 Å². The van der Waals surface area contributed by atoms with E-state index in [1.54, 1.807) is 6.92 Å². The van der Waals surface area contributed by atoms with Crippen molar-refractivity contribution < 1.29 is 33.3 Å². The maximum atomic E-state index is 11.6. The van der Waals surface area contributed by atoms with Crippen LogP contribution in [0.15, 0.2) is 28.9 Å². The van der Waals surface area contributed by atoms with Gasteiger partial charge < -0.3 is 18.9 Å². The molecule has 0 saturated carbocycles. The molecule has 102 valence electrons. The van der Waals surface area contributed by atoms with Crippen LogP contribution in [0.4, 0.5) is 0 Å². The molecule has 0 aromatic carbocycles. The Kier molecular flexibility index (Phi) is 4.91. The van der Waals surface area contributed by atoms with E-state index in [-0.39, 0.29) is 29.3 Å². The third-order valence-electron chi connectivity index (χ3n) is 2.17. The number of rotatable bonds is 4. The first-order chi connectivity index (χ1) is 9.10. The molecular weight excluding hydrogens is 256 g/mol. The van der Waals surface area contributed by atoms with E-state index in [1.165, 1.54) is 13.1 Å². The van der Waals surface area contributed by atoms with Crippen LogP contribution in [0.2, 0.25) is 0 Å². The molecule has 7 nitrogen and oxygen atoms in total. The minimum absolute atomic E-state index is 0.121. The summed E-state index contributed by atoms with van der Waals surface area (Å²) in [6, 6.07) is 0. The largest absolute Gasteiger partial charge is 0.491 e. The number of allylic oxidation sites excluding steroid dienone is 1. The number of ether oxygens (including phenoxy) is 4. The Balaban J connectivity index is 3.23. The van der Waals surface area contributed by atoms with Crippen molar-refractivity contribution in [3.63, 3.8) is 0 Å². The molecule has 19 heavy (non-hydrogen) atoms. The Morgan fingerprint density at radius 2 is 2.00 bits per heavy atom. The maximum absolute atomic E-state index is 11.6. The van der Waals surface area contributed by atoms with Gasteiger partial charge in [-0.1, -0.05) is 0 Å². The van der Waals surface area contributed by atoms with Crippen LogP contribution in [0.25, 0.3) is 0 Å². The number of methoxy groups -OCH3 is 2. The van der Waals surface area contributed by atoms with Crippen molar-refractivity contribution in [2.24, 2.45) is 0 Å². The summed E-state index contributed by atoms with van der Waals surface area (Å²) in [4.78, 5) is 34.0. The van der Waals surface area contributed by atoms with Crippen molar-refractivity contribution >= 4 is 17.9 Å². The molecule has 1 heterocycles. The average molecular weight is 268 g/mol. The minimum atomic E-state index is -0.813. The van der Waals surface area contributed by atoms with Crippen LogP contribution in [0, 0.1) is 0 Å². The zero-order valence-corrected chi connectivity index (χ0v) is 10.6. The zero-order valence-electron chi connectivity index (χ0n) is 10.6. The molecule has 0 saturated heterocycles. The lowest BCUT2D eigenvalue weighted by Gasteiger charge is -2.18. The second-order valence-corrected chi connectivity index (χ2v) is 3.20. The third kappa shape index (κ3) is 2.83. The molecule has 0 unspecified atom stereocenters. The highest BCUT2D eigenvalue weighted by molar-refractivity contribution is 6.00. The molecule has 0 fully saturated rings. The molecule has 0 spiro atoms. The van der Waals surface area contributed by atoms with Crippen LogP contribution in [0.1, 0.15) is 6.92 Å². The van der Waals surface area contributed by atoms with E-state index in [2.05, 4.69) is 4.74 Å². The molecule has 1 rings (SSSR count). The normalized spacial score (nSPS) is 14.1. The fraction of sp³-hybridized carbons (Fsp3) is 0.333. The summed E-state index contributed by atoms with van der Waals surface area (Å²) in [5.74, 6) is -0.647. The summed E-state index contributed by atoms with van der Waals surface area (Å²) in [5.41, 5.74) is -0.453. The summed E-state index contributed by atoms with van der Waals surface area (Å²) >= 11 is 0. The average Bonchev–Trinajstić information content (AvgIpc) is 2.44. The Morgan fingerprint density at radius 1 is 1.32 bits per heavy atom. The lowest BCUT2D eigenvalue weighted by atomic mass is 10.0. The highest BCUT2D eigenvalue weighted by Gasteiger charge is 2.33. The Labute approximate surface area is 109 Å². The van der Waals surface area contributed by atoms with Crippen molar-refractivity contribution in [2.45, 2.75) is 6.92 Å². The van der Waals surface area contributed by atoms with Crippen molar-refractivity contribution in [3.05, 3.63) is 28.9 Å². The summed E-state index contributed by atoms with van der Waals surface area (Å²) in [6.45, 7) is 1.73. The molecular formula is C12H12O7. The summed E-state index contributed by atoms with van der Waals surface area (Å²) in [7, 11) is 2.36. The van der Waals surface area contributed by atoms with Gasteiger partial charge in [-0.25, -0.2) is 14.4 Å². The van der Waals surface area contributed by atoms with Gasteiger partial charge in [0, 0.05) is 0 Å². The lowest BCUT2D eigenvalue weighted by molar-refractivity contribution is -0.142. The molecule has 0 bridgehead atoms. The fourth-order valence-electron chi connectivity index (χ4n) is 1.36. The van der Waals surface area contributed by atoms with E-state index in [0.29, 0.717) is 0 Å². The standard InChI is InChI=1S/C12H12O7/c1-4-18-12(15)10-9(16-2)7(5-13)8(6-19-10)11(14)17-3/h6H,4H2,1-3H3.